The van der Waals surface area contributed by atoms with Crippen LogP contribution in [0, 0.1) is 6.92 Å². The number of aryl methyl sites for hydroxylation is 1. The summed E-state index contributed by atoms with van der Waals surface area (Å²) in [4.78, 5) is 11.0. The molecule has 100 valence electrons. The van der Waals surface area contributed by atoms with Gasteiger partial charge in [-0.2, -0.15) is 0 Å². The molecule has 4 heteroatoms. The molecule has 0 radical (unpaired) electrons. The van der Waals surface area contributed by atoms with Crippen LogP contribution >= 0.6 is 0 Å². The Morgan fingerprint density at radius 2 is 2.00 bits per heavy atom. The first kappa shape index (κ1) is 13.5. The van der Waals surface area contributed by atoms with Crippen molar-refractivity contribution < 1.29 is 0 Å². The van der Waals surface area contributed by atoms with Crippen LogP contribution in [0.25, 0.3) is 0 Å². The van der Waals surface area contributed by atoms with Crippen molar-refractivity contribution in [1.29, 1.82) is 0 Å². The summed E-state index contributed by atoms with van der Waals surface area (Å²) in [6.45, 7) is 6.36. The van der Waals surface area contributed by atoms with E-state index in [4.69, 9.17) is 5.73 Å². The van der Waals surface area contributed by atoms with E-state index in [2.05, 4.69) is 53.0 Å². The van der Waals surface area contributed by atoms with Crippen LogP contribution in [0.5, 0.6) is 0 Å². The molecular weight excluding hydrogens is 236 g/mol. The van der Waals surface area contributed by atoms with Crippen molar-refractivity contribution >= 4 is 5.95 Å². The lowest BCUT2D eigenvalue weighted by Gasteiger charge is -2.22. The van der Waals surface area contributed by atoms with Gasteiger partial charge in [-0.1, -0.05) is 24.3 Å². The fraction of sp³-hybridized carbons (Fsp3) is 0.333. The quantitative estimate of drug-likeness (QED) is 0.891. The van der Waals surface area contributed by atoms with Crippen molar-refractivity contribution in [3.63, 3.8) is 0 Å². The van der Waals surface area contributed by atoms with Gasteiger partial charge in [-0.15, -0.1) is 0 Å². The molecule has 1 aromatic heterocycles. The van der Waals surface area contributed by atoms with Gasteiger partial charge in [-0.25, -0.2) is 9.97 Å². The lowest BCUT2D eigenvalue weighted by molar-refractivity contribution is 0.778. The molecule has 0 fully saturated rings. The molecule has 0 amide bonds. The maximum atomic E-state index is 5.63. The molecule has 1 heterocycles. The molecule has 0 aliphatic carbocycles. The van der Waals surface area contributed by atoms with E-state index >= 15 is 0 Å². The van der Waals surface area contributed by atoms with E-state index in [1.54, 1.807) is 6.20 Å². The molecule has 0 bridgehead atoms. The zero-order chi connectivity index (χ0) is 13.7. The third-order valence-corrected chi connectivity index (χ3v) is 3.20. The summed E-state index contributed by atoms with van der Waals surface area (Å²) in [6.07, 6.45) is 1.77. The van der Waals surface area contributed by atoms with Gasteiger partial charge in [0.1, 0.15) is 0 Å². The Morgan fingerprint density at radius 3 is 2.68 bits per heavy atom. The topological polar surface area (TPSA) is 55.0 Å². The first-order chi connectivity index (χ1) is 9.24. The number of nitrogens with zero attached hydrogens (tertiary/aromatic N) is 3. The molecule has 0 unspecified atom stereocenters. The van der Waals surface area contributed by atoms with Crippen molar-refractivity contribution in [2.24, 2.45) is 5.73 Å². The van der Waals surface area contributed by atoms with Crippen LogP contribution in [0.15, 0.2) is 36.5 Å². The van der Waals surface area contributed by atoms with E-state index in [1.165, 1.54) is 11.1 Å². The van der Waals surface area contributed by atoms with Crippen LogP contribution in [0.3, 0.4) is 0 Å². The van der Waals surface area contributed by atoms with Gasteiger partial charge in [-0.3, -0.25) is 0 Å². The Kier molecular flexibility index (Phi) is 4.47. The van der Waals surface area contributed by atoms with Crippen LogP contribution in [-0.4, -0.2) is 16.5 Å². The molecule has 0 atom stereocenters. The molecule has 4 nitrogen and oxygen atoms in total. The summed E-state index contributed by atoms with van der Waals surface area (Å²) in [5.74, 6) is 0.744. The lowest BCUT2D eigenvalue weighted by atomic mass is 10.1. The zero-order valence-electron chi connectivity index (χ0n) is 11.5. The van der Waals surface area contributed by atoms with E-state index in [1.807, 2.05) is 6.07 Å². The number of rotatable bonds is 5. The summed E-state index contributed by atoms with van der Waals surface area (Å²) in [7, 11) is 0. The molecule has 0 saturated heterocycles. The highest BCUT2D eigenvalue weighted by Crippen LogP contribution is 2.15. The number of nitrogens with two attached hydrogens (primary N) is 1. The Morgan fingerprint density at radius 1 is 1.21 bits per heavy atom. The van der Waals surface area contributed by atoms with Gasteiger partial charge in [0.15, 0.2) is 0 Å². The highest BCUT2D eigenvalue weighted by atomic mass is 15.2. The van der Waals surface area contributed by atoms with Crippen molar-refractivity contribution in [3.05, 3.63) is 53.3 Å². The minimum absolute atomic E-state index is 0.442. The maximum Gasteiger partial charge on any atom is 0.225 e. The number of hydrogen-bond donors (Lipinski definition) is 1. The molecule has 2 N–H and O–H groups in total. The molecule has 2 rings (SSSR count). The second kappa shape index (κ2) is 6.29. The summed E-state index contributed by atoms with van der Waals surface area (Å²) in [6, 6.07) is 10.2. The van der Waals surface area contributed by atoms with Crippen molar-refractivity contribution in [3.8, 4) is 0 Å². The predicted octanol–water partition coefficient (Wildman–Crippen LogP) is 2.27. The van der Waals surface area contributed by atoms with Crippen molar-refractivity contribution in [1.82, 2.24) is 9.97 Å². The third-order valence-electron chi connectivity index (χ3n) is 3.20. The minimum Gasteiger partial charge on any atom is -0.337 e. The summed E-state index contributed by atoms with van der Waals surface area (Å²) >= 11 is 0. The van der Waals surface area contributed by atoms with Crippen molar-refractivity contribution in [2.45, 2.75) is 26.9 Å². The van der Waals surface area contributed by atoms with E-state index in [0.29, 0.717) is 6.54 Å². The molecular formula is C15H20N4. The van der Waals surface area contributed by atoms with E-state index in [-0.39, 0.29) is 0 Å². The SMILES string of the molecule is CCN(Cc1ccccc1C)c1nccc(CN)n1. The van der Waals surface area contributed by atoms with Gasteiger partial charge in [0.05, 0.1) is 5.69 Å². The van der Waals surface area contributed by atoms with Crippen LogP contribution in [-0.2, 0) is 13.1 Å². The molecule has 0 aliphatic rings. The van der Waals surface area contributed by atoms with Crippen molar-refractivity contribution in [2.75, 3.05) is 11.4 Å². The van der Waals surface area contributed by atoms with Gasteiger partial charge in [0, 0.05) is 25.8 Å². The predicted molar refractivity (Wildman–Crippen MR) is 77.8 cm³/mol. The monoisotopic (exact) mass is 256 g/mol. The molecule has 0 aliphatic heterocycles. The van der Waals surface area contributed by atoms with E-state index in [0.717, 1.165) is 24.7 Å². The second-order valence-corrected chi connectivity index (χ2v) is 4.49. The Balaban J connectivity index is 2.22. The van der Waals surface area contributed by atoms with Crippen LogP contribution < -0.4 is 10.6 Å². The molecule has 1 aromatic carbocycles. The molecule has 0 saturated carbocycles. The van der Waals surface area contributed by atoms with Gasteiger partial charge in [0.2, 0.25) is 5.95 Å². The standard InChI is InChI=1S/C15H20N4/c1-3-19(11-13-7-5-4-6-12(13)2)15-17-9-8-14(10-16)18-15/h4-9H,3,10-11,16H2,1-2H3. The van der Waals surface area contributed by atoms with Gasteiger partial charge in [-0.05, 0) is 31.0 Å². The third kappa shape index (κ3) is 3.29. The fourth-order valence-electron chi connectivity index (χ4n) is 1.97. The average Bonchev–Trinajstić information content (AvgIpc) is 2.46. The molecule has 19 heavy (non-hydrogen) atoms. The fourth-order valence-corrected chi connectivity index (χ4v) is 1.97. The number of hydrogen-bond acceptors (Lipinski definition) is 4. The highest BCUT2D eigenvalue weighted by molar-refractivity contribution is 5.35. The van der Waals surface area contributed by atoms with Gasteiger partial charge >= 0.3 is 0 Å². The highest BCUT2D eigenvalue weighted by Gasteiger charge is 2.09. The first-order valence-electron chi connectivity index (χ1n) is 6.56. The Hall–Kier alpha value is -1.94. The molecule has 2 aromatic rings. The van der Waals surface area contributed by atoms with Gasteiger partial charge in [0.25, 0.3) is 0 Å². The Bertz CT molecular complexity index is 539. The zero-order valence-corrected chi connectivity index (χ0v) is 11.5. The second-order valence-electron chi connectivity index (χ2n) is 4.49. The van der Waals surface area contributed by atoms with Crippen LogP contribution in [0.4, 0.5) is 5.95 Å². The van der Waals surface area contributed by atoms with Crippen LogP contribution in [0.1, 0.15) is 23.7 Å². The first-order valence-corrected chi connectivity index (χ1v) is 6.56. The number of aromatic nitrogens is 2. The van der Waals surface area contributed by atoms with E-state index < -0.39 is 0 Å². The normalized spacial score (nSPS) is 10.5. The summed E-state index contributed by atoms with van der Waals surface area (Å²) in [5.41, 5.74) is 9.08. The number of benzene rings is 1. The number of anilines is 1. The minimum atomic E-state index is 0.442. The Labute approximate surface area is 114 Å². The molecule has 0 spiro atoms. The van der Waals surface area contributed by atoms with Gasteiger partial charge < -0.3 is 10.6 Å². The largest absolute Gasteiger partial charge is 0.337 e. The lowest BCUT2D eigenvalue weighted by Crippen LogP contribution is -2.25. The summed E-state index contributed by atoms with van der Waals surface area (Å²) < 4.78 is 0. The summed E-state index contributed by atoms with van der Waals surface area (Å²) in [5, 5.41) is 0. The average molecular weight is 256 g/mol. The van der Waals surface area contributed by atoms with Crippen LogP contribution in [0.2, 0.25) is 0 Å². The maximum absolute atomic E-state index is 5.63. The van der Waals surface area contributed by atoms with E-state index in [9.17, 15) is 0 Å². The smallest absolute Gasteiger partial charge is 0.225 e.